The molecular weight excluding hydrogens is 343 g/mol. The lowest BCUT2D eigenvalue weighted by Gasteiger charge is -2.26. The van der Waals surface area contributed by atoms with Crippen molar-refractivity contribution in [1.29, 1.82) is 5.26 Å². The second-order valence-corrected chi connectivity index (χ2v) is 6.71. The van der Waals surface area contributed by atoms with Crippen molar-refractivity contribution in [1.82, 2.24) is 4.98 Å². The summed E-state index contributed by atoms with van der Waals surface area (Å²) < 4.78 is 0. The van der Waals surface area contributed by atoms with Crippen LogP contribution in [0.1, 0.15) is 28.1 Å². The maximum Gasteiger partial charge on any atom is 0.157 e. The molecule has 2 aromatic carbocycles. The molecule has 1 atom stereocenters. The molecule has 3 nitrogen and oxygen atoms in total. The molecule has 1 unspecified atom stereocenters. The number of aromatic amines is 1. The maximum atomic E-state index is 11.7. The summed E-state index contributed by atoms with van der Waals surface area (Å²) in [6, 6.07) is 14.7. The number of fused-ring (bicyclic) bond motifs is 3. The number of aliphatic hydroxyl groups is 1. The average molecular weight is 355 g/mol. The predicted molar refractivity (Wildman–Crippen MR) is 94.2 cm³/mol. The van der Waals surface area contributed by atoms with E-state index in [1.807, 2.05) is 25.1 Å². The summed E-state index contributed by atoms with van der Waals surface area (Å²) in [6.45, 7) is 1.82. The van der Waals surface area contributed by atoms with Crippen LogP contribution in [0.3, 0.4) is 0 Å². The van der Waals surface area contributed by atoms with Crippen LogP contribution in [-0.4, -0.2) is 10.1 Å². The maximum absolute atomic E-state index is 11.7. The van der Waals surface area contributed by atoms with E-state index in [4.69, 9.17) is 23.2 Å². The van der Waals surface area contributed by atoms with E-state index in [9.17, 15) is 10.4 Å². The first-order valence-electron chi connectivity index (χ1n) is 7.39. The molecule has 0 radical (unpaired) electrons. The van der Waals surface area contributed by atoms with E-state index >= 15 is 0 Å². The van der Waals surface area contributed by atoms with Gasteiger partial charge in [0.25, 0.3) is 0 Å². The fourth-order valence-corrected chi connectivity index (χ4v) is 3.95. The second kappa shape index (κ2) is 5.12. The highest BCUT2D eigenvalue weighted by Gasteiger charge is 2.47. The summed E-state index contributed by atoms with van der Waals surface area (Å²) in [7, 11) is 0. The van der Waals surface area contributed by atoms with Crippen molar-refractivity contribution in [3.63, 3.8) is 0 Å². The van der Waals surface area contributed by atoms with Crippen molar-refractivity contribution >= 4 is 23.2 Å². The summed E-state index contributed by atoms with van der Waals surface area (Å²) in [5.74, 6) is 0. The van der Waals surface area contributed by atoms with Gasteiger partial charge in [-0.1, -0.05) is 47.5 Å². The Morgan fingerprint density at radius 3 is 2.58 bits per heavy atom. The van der Waals surface area contributed by atoms with E-state index in [0.717, 1.165) is 5.56 Å². The van der Waals surface area contributed by atoms with E-state index in [-0.39, 0.29) is 0 Å². The van der Waals surface area contributed by atoms with E-state index in [2.05, 4.69) is 11.1 Å². The molecular formula is C19H12Cl2N2O. The molecule has 0 bridgehead atoms. The Balaban J connectivity index is 2.16. The third kappa shape index (κ3) is 1.82. The zero-order valence-electron chi connectivity index (χ0n) is 12.7. The fraction of sp³-hybridized carbons (Fsp3) is 0.105. The van der Waals surface area contributed by atoms with Gasteiger partial charge in [0.15, 0.2) is 5.60 Å². The number of aromatic nitrogens is 1. The molecule has 1 aliphatic carbocycles. The lowest BCUT2D eigenvalue weighted by atomic mass is 9.87. The number of hydrogen-bond acceptors (Lipinski definition) is 2. The number of hydrogen-bond donors (Lipinski definition) is 2. The van der Waals surface area contributed by atoms with Crippen molar-refractivity contribution in [2.24, 2.45) is 0 Å². The lowest BCUT2D eigenvalue weighted by Crippen LogP contribution is -2.27. The minimum atomic E-state index is -1.48. The third-order valence-corrected chi connectivity index (χ3v) is 5.13. The molecule has 5 heteroatoms. The first kappa shape index (κ1) is 15.3. The normalized spacial score (nSPS) is 18.1. The lowest BCUT2D eigenvalue weighted by molar-refractivity contribution is 0.126. The Morgan fingerprint density at radius 2 is 1.88 bits per heavy atom. The van der Waals surface area contributed by atoms with Gasteiger partial charge in [-0.2, -0.15) is 5.26 Å². The quantitative estimate of drug-likeness (QED) is 0.661. The number of aryl methyl sites for hydroxylation is 1. The standard InChI is InChI=1S/C19H12Cl2N2O/c1-10-13(9-22)17-12-7-6-11(20)8-15(12)19(24,18(17)23-10)14-4-2-3-5-16(14)21/h2-8,23-24H,1H3. The van der Waals surface area contributed by atoms with E-state index < -0.39 is 5.60 Å². The van der Waals surface area contributed by atoms with Crippen molar-refractivity contribution in [3.8, 4) is 17.2 Å². The zero-order valence-corrected chi connectivity index (χ0v) is 14.2. The number of H-pyrrole nitrogens is 1. The summed E-state index contributed by atoms with van der Waals surface area (Å²) >= 11 is 12.5. The fourth-order valence-electron chi connectivity index (χ4n) is 3.51. The van der Waals surface area contributed by atoms with Gasteiger partial charge in [-0.25, -0.2) is 0 Å². The van der Waals surface area contributed by atoms with Gasteiger partial charge in [0.05, 0.1) is 11.3 Å². The largest absolute Gasteiger partial charge is 0.374 e. The molecule has 0 fully saturated rings. The number of benzene rings is 2. The Hall–Kier alpha value is -2.25. The van der Waals surface area contributed by atoms with E-state index in [1.54, 1.807) is 24.3 Å². The van der Waals surface area contributed by atoms with Gasteiger partial charge in [0, 0.05) is 32.4 Å². The van der Waals surface area contributed by atoms with Crippen LogP contribution in [0, 0.1) is 18.3 Å². The molecule has 0 saturated heterocycles. The van der Waals surface area contributed by atoms with Crippen LogP contribution in [0.5, 0.6) is 0 Å². The van der Waals surface area contributed by atoms with Gasteiger partial charge in [-0.3, -0.25) is 0 Å². The van der Waals surface area contributed by atoms with Crippen LogP contribution < -0.4 is 0 Å². The third-order valence-electron chi connectivity index (χ3n) is 4.57. The molecule has 4 rings (SSSR count). The van der Waals surface area contributed by atoms with Crippen molar-refractivity contribution in [2.45, 2.75) is 12.5 Å². The summed E-state index contributed by atoms with van der Waals surface area (Å²) in [5, 5.41) is 22.2. The van der Waals surface area contributed by atoms with Gasteiger partial charge in [0.1, 0.15) is 6.07 Å². The molecule has 118 valence electrons. The van der Waals surface area contributed by atoms with Gasteiger partial charge in [0.2, 0.25) is 0 Å². The number of nitriles is 1. The molecule has 1 heterocycles. The molecule has 0 aliphatic heterocycles. The summed E-state index contributed by atoms with van der Waals surface area (Å²) in [5.41, 5.74) is 3.00. The molecule has 24 heavy (non-hydrogen) atoms. The zero-order chi connectivity index (χ0) is 17.1. The molecule has 1 aromatic heterocycles. The summed E-state index contributed by atoms with van der Waals surface area (Å²) in [6.07, 6.45) is 0. The highest BCUT2D eigenvalue weighted by molar-refractivity contribution is 6.32. The Labute approximate surface area is 149 Å². The monoisotopic (exact) mass is 354 g/mol. The number of rotatable bonds is 1. The Kier molecular flexibility index (Phi) is 3.26. The smallest absolute Gasteiger partial charge is 0.157 e. The Morgan fingerprint density at radius 1 is 1.12 bits per heavy atom. The van der Waals surface area contributed by atoms with Crippen molar-refractivity contribution in [3.05, 3.63) is 80.6 Å². The van der Waals surface area contributed by atoms with Crippen LogP contribution in [0.25, 0.3) is 11.1 Å². The van der Waals surface area contributed by atoms with Crippen LogP contribution in [0.15, 0.2) is 42.5 Å². The van der Waals surface area contributed by atoms with E-state index in [0.29, 0.717) is 43.7 Å². The van der Waals surface area contributed by atoms with E-state index in [1.165, 1.54) is 0 Å². The molecule has 3 aromatic rings. The first-order valence-corrected chi connectivity index (χ1v) is 8.15. The first-order chi connectivity index (χ1) is 11.5. The van der Waals surface area contributed by atoms with Gasteiger partial charge >= 0.3 is 0 Å². The Bertz CT molecular complexity index is 1030. The molecule has 0 amide bonds. The summed E-state index contributed by atoms with van der Waals surface area (Å²) in [4.78, 5) is 3.18. The average Bonchev–Trinajstić information content (AvgIpc) is 3.01. The van der Waals surface area contributed by atoms with Gasteiger partial charge in [-0.15, -0.1) is 0 Å². The van der Waals surface area contributed by atoms with Crippen LogP contribution in [0.4, 0.5) is 0 Å². The number of nitrogens with zero attached hydrogens (tertiary/aromatic N) is 1. The number of halogens is 2. The predicted octanol–water partition coefficient (Wildman–Crippen LogP) is 4.77. The second-order valence-electron chi connectivity index (χ2n) is 5.87. The highest BCUT2D eigenvalue weighted by Crippen LogP contribution is 2.54. The molecule has 2 N–H and O–H groups in total. The van der Waals surface area contributed by atoms with Crippen LogP contribution >= 0.6 is 23.2 Å². The van der Waals surface area contributed by atoms with Crippen molar-refractivity contribution < 1.29 is 5.11 Å². The molecule has 0 spiro atoms. The highest BCUT2D eigenvalue weighted by atomic mass is 35.5. The number of nitrogens with one attached hydrogen (secondary N) is 1. The molecule has 1 aliphatic rings. The van der Waals surface area contributed by atoms with Gasteiger partial charge in [-0.05, 0) is 30.7 Å². The van der Waals surface area contributed by atoms with Crippen LogP contribution in [0.2, 0.25) is 10.0 Å². The van der Waals surface area contributed by atoms with Crippen molar-refractivity contribution in [2.75, 3.05) is 0 Å². The molecule has 0 saturated carbocycles. The van der Waals surface area contributed by atoms with Crippen LogP contribution in [-0.2, 0) is 5.60 Å². The minimum Gasteiger partial charge on any atom is -0.374 e. The minimum absolute atomic E-state index is 0.449. The SMILES string of the molecule is Cc1[nH]c2c(c1C#N)-c1ccc(Cl)cc1C2(O)c1ccccc1Cl. The van der Waals surface area contributed by atoms with Gasteiger partial charge < -0.3 is 10.1 Å². The topological polar surface area (TPSA) is 59.8 Å².